The summed E-state index contributed by atoms with van der Waals surface area (Å²) in [7, 11) is 2.01. The smallest absolute Gasteiger partial charge is 0.0934 e. The Morgan fingerprint density at radius 2 is 2.14 bits per heavy atom. The second-order valence-corrected chi connectivity index (χ2v) is 5.07. The Labute approximate surface area is 90.8 Å². The van der Waals surface area contributed by atoms with E-state index in [-0.39, 0.29) is 0 Å². The molecular formula is C11H20N2S. The zero-order valence-corrected chi connectivity index (χ0v) is 10.4. The first-order valence-corrected chi connectivity index (χ1v) is 6.06. The SMILES string of the molecule is CCC(CNC)Cc1nc(C)c(C)s1. The van der Waals surface area contributed by atoms with Crippen molar-refractivity contribution in [3.63, 3.8) is 0 Å². The number of rotatable bonds is 5. The second-order valence-electron chi connectivity index (χ2n) is 3.79. The second kappa shape index (κ2) is 5.47. The van der Waals surface area contributed by atoms with E-state index in [0.717, 1.165) is 18.9 Å². The molecule has 1 unspecified atom stereocenters. The molecule has 80 valence electrons. The molecule has 0 aliphatic rings. The molecule has 0 saturated carbocycles. The van der Waals surface area contributed by atoms with Crippen LogP contribution in [0.15, 0.2) is 0 Å². The van der Waals surface area contributed by atoms with Gasteiger partial charge in [-0.15, -0.1) is 11.3 Å². The van der Waals surface area contributed by atoms with Crippen molar-refractivity contribution in [3.8, 4) is 0 Å². The van der Waals surface area contributed by atoms with Gasteiger partial charge in [0.2, 0.25) is 0 Å². The van der Waals surface area contributed by atoms with Crippen LogP contribution in [0.4, 0.5) is 0 Å². The van der Waals surface area contributed by atoms with E-state index in [2.05, 4.69) is 31.1 Å². The van der Waals surface area contributed by atoms with E-state index in [9.17, 15) is 0 Å². The van der Waals surface area contributed by atoms with Gasteiger partial charge in [0, 0.05) is 11.3 Å². The normalized spacial score (nSPS) is 13.1. The Kier molecular flexibility index (Phi) is 4.55. The zero-order valence-electron chi connectivity index (χ0n) is 9.55. The van der Waals surface area contributed by atoms with Gasteiger partial charge in [-0.1, -0.05) is 13.3 Å². The lowest BCUT2D eigenvalue weighted by molar-refractivity contribution is 0.480. The molecule has 0 aliphatic carbocycles. The standard InChI is InChI=1S/C11H20N2S/c1-5-10(7-12-4)6-11-13-8(2)9(3)14-11/h10,12H,5-7H2,1-4H3. The van der Waals surface area contributed by atoms with E-state index in [4.69, 9.17) is 0 Å². The van der Waals surface area contributed by atoms with Crippen LogP contribution in [0.1, 0.15) is 28.9 Å². The highest BCUT2D eigenvalue weighted by atomic mass is 32.1. The van der Waals surface area contributed by atoms with Crippen LogP contribution in [0.25, 0.3) is 0 Å². The van der Waals surface area contributed by atoms with Gasteiger partial charge in [-0.05, 0) is 33.4 Å². The molecule has 0 radical (unpaired) electrons. The Bertz CT molecular complexity index is 261. The van der Waals surface area contributed by atoms with E-state index < -0.39 is 0 Å². The summed E-state index contributed by atoms with van der Waals surface area (Å²) in [6.45, 7) is 7.58. The Hall–Kier alpha value is -0.410. The van der Waals surface area contributed by atoms with Crippen LogP contribution in [-0.2, 0) is 6.42 Å². The minimum Gasteiger partial charge on any atom is -0.319 e. The van der Waals surface area contributed by atoms with Gasteiger partial charge in [0.15, 0.2) is 0 Å². The predicted molar refractivity (Wildman–Crippen MR) is 63.0 cm³/mol. The molecule has 2 nitrogen and oxygen atoms in total. The molecule has 1 aromatic rings. The number of nitrogens with one attached hydrogen (secondary N) is 1. The van der Waals surface area contributed by atoms with Crippen molar-refractivity contribution in [2.24, 2.45) is 5.92 Å². The molecule has 0 aromatic carbocycles. The molecule has 0 spiro atoms. The van der Waals surface area contributed by atoms with Crippen LogP contribution < -0.4 is 5.32 Å². The van der Waals surface area contributed by atoms with E-state index in [1.807, 2.05) is 18.4 Å². The van der Waals surface area contributed by atoms with Gasteiger partial charge < -0.3 is 5.32 Å². The molecule has 1 rings (SSSR count). The fourth-order valence-electron chi connectivity index (χ4n) is 1.52. The van der Waals surface area contributed by atoms with Gasteiger partial charge in [-0.25, -0.2) is 4.98 Å². The molecule has 0 bridgehead atoms. The molecule has 1 aromatic heterocycles. The highest BCUT2D eigenvalue weighted by Crippen LogP contribution is 2.20. The van der Waals surface area contributed by atoms with E-state index in [1.54, 1.807) is 0 Å². The summed E-state index contributed by atoms with van der Waals surface area (Å²) in [5.41, 5.74) is 1.20. The summed E-state index contributed by atoms with van der Waals surface area (Å²) in [6.07, 6.45) is 2.34. The number of nitrogens with zero attached hydrogens (tertiary/aromatic N) is 1. The highest BCUT2D eigenvalue weighted by molar-refractivity contribution is 7.11. The van der Waals surface area contributed by atoms with Gasteiger partial charge in [-0.3, -0.25) is 0 Å². The highest BCUT2D eigenvalue weighted by Gasteiger charge is 2.10. The number of hydrogen-bond acceptors (Lipinski definition) is 3. The first-order chi connectivity index (χ1) is 6.67. The quantitative estimate of drug-likeness (QED) is 0.811. The number of hydrogen-bond donors (Lipinski definition) is 1. The first kappa shape index (κ1) is 11.7. The van der Waals surface area contributed by atoms with Gasteiger partial charge in [0.05, 0.1) is 10.7 Å². The third-order valence-corrected chi connectivity index (χ3v) is 3.70. The van der Waals surface area contributed by atoms with Crippen molar-refractivity contribution < 1.29 is 0 Å². The maximum atomic E-state index is 4.57. The molecule has 0 fully saturated rings. The molecule has 1 atom stereocenters. The van der Waals surface area contributed by atoms with Gasteiger partial charge >= 0.3 is 0 Å². The van der Waals surface area contributed by atoms with Crippen molar-refractivity contribution >= 4 is 11.3 Å². The minimum absolute atomic E-state index is 0.727. The largest absolute Gasteiger partial charge is 0.319 e. The maximum Gasteiger partial charge on any atom is 0.0934 e. The lowest BCUT2D eigenvalue weighted by atomic mass is 10.0. The van der Waals surface area contributed by atoms with Gasteiger partial charge in [0.25, 0.3) is 0 Å². The molecule has 1 N–H and O–H groups in total. The zero-order chi connectivity index (χ0) is 10.6. The van der Waals surface area contributed by atoms with Crippen molar-refractivity contribution in [1.82, 2.24) is 10.3 Å². The molecule has 0 amide bonds. The Morgan fingerprint density at radius 3 is 2.57 bits per heavy atom. The van der Waals surface area contributed by atoms with Crippen LogP contribution >= 0.6 is 11.3 Å². The lowest BCUT2D eigenvalue weighted by Crippen LogP contribution is -2.19. The van der Waals surface area contributed by atoms with Crippen LogP contribution in [0.2, 0.25) is 0 Å². The average molecular weight is 212 g/mol. The van der Waals surface area contributed by atoms with Crippen LogP contribution in [-0.4, -0.2) is 18.6 Å². The molecule has 14 heavy (non-hydrogen) atoms. The Morgan fingerprint density at radius 1 is 1.43 bits per heavy atom. The molecule has 0 aliphatic heterocycles. The molecular weight excluding hydrogens is 192 g/mol. The van der Waals surface area contributed by atoms with Crippen LogP contribution in [0.5, 0.6) is 0 Å². The van der Waals surface area contributed by atoms with Crippen molar-refractivity contribution in [1.29, 1.82) is 0 Å². The van der Waals surface area contributed by atoms with Crippen LogP contribution in [0, 0.1) is 19.8 Å². The third kappa shape index (κ3) is 3.07. The molecule has 3 heteroatoms. The third-order valence-electron chi connectivity index (χ3n) is 2.61. The van der Waals surface area contributed by atoms with E-state index in [1.165, 1.54) is 22.0 Å². The lowest BCUT2D eigenvalue weighted by Gasteiger charge is -2.11. The van der Waals surface area contributed by atoms with Crippen molar-refractivity contribution in [3.05, 3.63) is 15.6 Å². The number of aryl methyl sites for hydroxylation is 2. The first-order valence-electron chi connectivity index (χ1n) is 5.24. The van der Waals surface area contributed by atoms with Gasteiger partial charge in [-0.2, -0.15) is 0 Å². The summed E-state index contributed by atoms with van der Waals surface area (Å²) in [4.78, 5) is 5.93. The maximum absolute atomic E-state index is 4.57. The van der Waals surface area contributed by atoms with E-state index >= 15 is 0 Å². The van der Waals surface area contributed by atoms with Crippen LogP contribution in [0.3, 0.4) is 0 Å². The van der Waals surface area contributed by atoms with Gasteiger partial charge in [0.1, 0.15) is 0 Å². The predicted octanol–water partition coefficient (Wildman–Crippen LogP) is 2.55. The summed E-state index contributed by atoms with van der Waals surface area (Å²) in [5, 5.41) is 4.53. The van der Waals surface area contributed by atoms with Crippen molar-refractivity contribution in [2.45, 2.75) is 33.6 Å². The topological polar surface area (TPSA) is 24.9 Å². The minimum atomic E-state index is 0.727. The average Bonchev–Trinajstić information content (AvgIpc) is 2.45. The molecule has 0 saturated heterocycles. The summed E-state index contributed by atoms with van der Waals surface area (Å²) >= 11 is 1.85. The summed E-state index contributed by atoms with van der Waals surface area (Å²) < 4.78 is 0. The summed E-state index contributed by atoms with van der Waals surface area (Å²) in [6, 6.07) is 0. The number of aromatic nitrogens is 1. The fourth-order valence-corrected chi connectivity index (χ4v) is 2.57. The fraction of sp³-hybridized carbons (Fsp3) is 0.727. The van der Waals surface area contributed by atoms with E-state index in [0.29, 0.717) is 0 Å². The summed E-state index contributed by atoms with van der Waals surface area (Å²) in [5.74, 6) is 0.727. The molecule has 1 heterocycles. The monoisotopic (exact) mass is 212 g/mol. The van der Waals surface area contributed by atoms with Crippen molar-refractivity contribution in [2.75, 3.05) is 13.6 Å². The Balaban J connectivity index is 2.57. The number of thiazole rings is 1.